The smallest absolute Gasteiger partial charge is 0.227 e. The van der Waals surface area contributed by atoms with Gasteiger partial charge >= 0.3 is 0 Å². The number of phenolic OH excluding ortho intramolecular Hbond substituents is 1. The van der Waals surface area contributed by atoms with Gasteiger partial charge in [-0.05, 0) is 56.3 Å². The molecule has 0 aromatic heterocycles. The van der Waals surface area contributed by atoms with Crippen molar-refractivity contribution in [3.05, 3.63) is 59.9 Å². The lowest BCUT2D eigenvalue weighted by atomic mass is 9.95. The van der Waals surface area contributed by atoms with E-state index in [1.165, 1.54) is 18.2 Å². The van der Waals surface area contributed by atoms with Gasteiger partial charge in [-0.15, -0.1) is 0 Å². The highest BCUT2D eigenvalue weighted by Crippen LogP contribution is 2.24. The van der Waals surface area contributed by atoms with Crippen LogP contribution in [0.15, 0.2) is 48.5 Å². The van der Waals surface area contributed by atoms with Crippen LogP contribution >= 0.6 is 0 Å². The van der Waals surface area contributed by atoms with Crippen LogP contribution in [0.25, 0.3) is 0 Å². The van der Waals surface area contributed by atoms with Crippen molar-refractivity contribution in [1.29, 1.82) is 0 Å². The van der Waals surface area contributed by atoms with Crippen LogP contribution in [-0.4, -0.2) is 29.0 Å². The molecule has 0 radical (unpaired) electrons. The third-order valence-electron chi connectivity index (χ3n) is 4.44. The van der Waals surface area contributed by atoms with E-state index >= 15 is 0 Å². The number of nitrogens with one attached hydrogen (secondary N) is 1. The highest BCUT2D eigenvalue weighted by atomic mass is 19.1. The summed E-state index contributed by atoms with van der Waals surface area (Å²) in [5.41, 5.74) is 1.40. The van der Waals surface area contributed by atoms with E-state index < -0.39 is 0 Å². The Hall–Kier alpha value is -2.40. The molecule has 2 N–H and O–H groups in total. The lowest BCUT2D eigenvalue weighted by Gasteiger charge is -2.31. The molecule has 2 aromatic carbocycles. The normalized spacial score (nSPS) is 16.0. The van der Waals surface area contributed by atoms with Gasteiger partial charge in [-0.3, -0.25) is 9.69 Å². The molecule has 24 heavy (non-hydrogen) atoms. The summed E-state index contributed by atoms with van der Waals surface area (Å²) in [6, 6.07) is 13.4. The molecule has 0 aliphatic carbocycles. The average molecular weight is 328 g/mol. The van der Waals surface area contributed by atoms with Crippen LogP contribution in [-0.2, 0) is 11.3 Å². The van der Waals surface area contributed by atoms with Crippen LogP contribution in [0.4, 0.5) is 10.1 Å². The molecule has 0 bridgehead atoms. The van der Waals surface area contributed by atoms with Crippen molar-refractivity contribution in [2.24, 2.45) is 5.92 Å². The molecule has 1 aliphatic heterocycles. The van der Waals surface area contributed by atoms with Crippen molar-refractivity contribution >= 4 is 11.6 Å². The zero-order valence-corrected chi connectivity index (χ0v) is 13.4. The highest BCUT2D eigenvalue weighted by molar-refractivity contribution is 5.92. The largest absolute Gasteiger partial charge is 0.508 e. The van der Waals surface area contributed by atoms with E-state index in [0.29, 0.717) is 12.1 Å². The van der Waals surface area contributed by atoms with E-state index in [-0.39, 0.29) is 23.4 Å². The predicted molar refractivity (Wildman–Crippen MR) is 91.1 cm³/mol. The van der Waals surface area contributed by atoms with Crippen LogP contribution in [0, 0.1) is 11.7 Å². The van der Waals surface area contributed by atoms with Gasteiger partial charge in [0, 0.05) is 23.7 Å². The summed E-state index contributed by atoms with van der Waals surface area (Å²) in [5, 5.41) is 12.8. The maximum atomic E-state index is 13.3. The van der Waals surface area contributed by atoms with Gasteiger partial charge in [0.25, 0.3) is 0 Å². The number of hydrogen-bond acceptors (Lipinski definition) is 3. The van der Waals surface area contributed by atoms with Crippen molar-refractivity contribution in [3.63, 3.8) is 0 Å². The zero-order chi connectivity index (χ0) is 16.9. The molecule has 5 heteroatoms. The number of piperidine rings is 1. The summed E-state index contributed by atoms with van der Waals surface area (Å²) in [6.45, 7) is 2.00. The molecule has 1 heterocycles. The lowest BCUT2D eigenvalue weighted by Crippen LogP contribution is -2.37. The molecule has 0 spiro atoms. The van der Waals surface area contributed by atoms with Gasteiger partial charge < -0.3 is 10.4 Å². The molecular formula is C19H21FN2O2. The molecule has 0 atom stereocenters. The second-order valence-corrected chi connectivity index (χ2v) is 6.18. The van der Waals surface area contributed by atoms with Crippen molar-refractivity contribution in [3.8, 4) is 5.75 Å². The highest BCUT2D eigenvalue weighted by Gasteiger charge is 2.25. The molecule has 126 valence electrons. The summed E-state index contributed by atoms with van der Waals surface area (Å²) in [4.78, 5) is 14.5. The lowest BCUT2D eigenvalue weighted by molar-refractivity contribution is -0.121. The van der Waals surface area contributed by atoms with E-state index in [9.17, 15) is 14.3 Å². The quantitative estimate of drug-likeness (QED) is 0.905. The number of para-hydroxylation sites is 1. The van der Waals surface area contributed by atoms with E-state index in [1.807, 2.05) is 30.3 Å². The van der Waals surface area contributed by atoms with Gasteiger partial charge in [0.2, 0.25) is 5.91 Å². The minimum Gasteiger partial charge on any atom is -0.508 e. The number of nitrogens with zero attached hydrogens (tertiary/aromatic N) is 1. The van der Waals surface area contributed by atoms with Gasteiger partial charge in [0.15, 0.2) is 0 Å². The van der Waals surface area contributed by atoms with Crippen molar-refractivity contribution in [2.45, 2.75) is 19.4 Å². The first kappa shape index (κ1) is 16.5. The number of carbonyl (C=O) groups excluding carboxylic acids is 1. The van der Waals surface area contributed by atoms with Gasteiger partial charge in [-0.25, -0.2) is 4.39 Å². The van der Waals surface area contributed by atoms with Gasteiger partial charge in [-0.1, -0.05) is 18.2 Å². The van der Waals surface area contributed by atoms with Gasteiger partial charge in [0.1, 0.15) is 11.6 Å². The number of hydrogen-bond donors (Lipinski definition) is 2. The zero-order valence-electron chi connectivity index (χ0n) is 13.4. The molecule has 2 aromatic rings. The first-order chi connectivity index (χ1) is 11.6. The topological polar surface area (TPSA) is 52.6 Å². The number of anilines is 1. The Kier molecular flexibility index (Phi) is 5.11. The third-order valence-corrected chi connectivity index (χ3v) is 4.44. The van der Waals surface area contributed by atoms with Crippen LogP contribution in [0.2, 0.25) is 0 Å². The number of benzene rings is 2. The maximum Gasteiger partial charge on any atom is 0.227 e. The number of halogens is 1. The number of aromatic hydroxyl groups is 1. The summed E-state index contributed by atoms with van der Waals surface area (Å²) in [7, 11) is 0. The molecule has 0 unspecified atom stereocenters. The molecule has 1 amide bonds. The number of phenols is 1. The Balaban J connectivity index is 1.52. The number of carbonyl (C=O) groups is 1. The van der Waals surface area contributed by atoms with Crippen LogP contribution in [0.1, 0.15) is 18.4 Å². The first-order valence-electron chi connectivity index (χ1n) is 8.17. The summed E-state index contributed by atoms with van der Waals surface area (Å²) >= 11 is 0. The van der Waals surface area contributed by atoms with Gasteiger partial charge in [0.05, 0.1) is 0 Å². The fraction of sp³-hybridized carbons (Fsp3) is 0.316. The van der Waals surface area contributed by atoms with E-state index in [4.69, 9.17) is 0 Å². The number of rotatable bonds is 4. The van der Waals surface area contributed by atoms with Crippen molar-refractivity contribution in [1.82, 2.24) is 4.90 Å². The summed E-state index contributed by atoms with van der Waals surface area (Å²) in [6.07, 6.45) is 1.52. The minimum atomic E-state index is -0.347. The first-order valence-corrected chi connectivity index (χ1v) is 8.17. The summed E-state index contributed by atoms with van der Waals surface area (Å²) in [5.74, 6) is -0.197. The molecule has 1 fully saturated rings. The summed E-state index contributed by atoms with van der Waals surface area (Å²) < 4.78 is 13.3. The SMILES string of the molecule is O=C(Nc1ccccc1)C1CCN(Cc2cc(F)ccc2O)CC1. The maximum absolute atomic E-state index is 13.3. The Morgan fingerprint density at radius 1 is 1.17 bits per heavy atom. The van der Waals surface area contributed by atoms with Crippen LogP contribution in [0.5, 0.6) is 5.75 Å². The Labute approximate surface area is 140 Å². The Morgan fingerprint density at radius 3 is 2.58 bits per heavy atom. The molecule has 1 saturated heterocycles. The number of amides is 1. The van der Waals surface area contributed by atoms with E-state index in [2.05, 4.69) is 10.2 Å². The Morgan fingerprint density at radius 2 is 1.88 bits per heavy atom. The van der Waals surface area contributed by atoms with E-state index in [1.54, 1.807) is 0 Å². The average Bonchev–Trinajstić information content (AvgIpc) is 2.60. The molecule has 4 nitrogen and oxygen atoms in total. The molecular weight excluding hydrogens is 307 g/mol. The fourth-order valence-electron chi connectivity index (χ4n) is 3.04. The standard InChI is InChI=1S/C19H21FN2O2/c20-16-6-7-18(23)15(12-16)13-22-10-8-14(9-11-22)19(24)21-17-4-2-1-3-5-17/h1-7,12,14,23H,8-11,13H2,(H,21,24). The fourth-order valence-corrected chi connectivity index (χ4v) is 3.04. The van der Waals surface area contributed by atoms with Crippen molar-refractivity contribution in [2.75, 3.05) is 18.4 Å². The van der Waals surface area contributed by atoms with Gasteiger partial charge in [-0.2, -0.15) is 0 Å². The van der Waals surface area contributed by atoms with E-state index in [0.717, 1.165) is 31.6 Å². The molecule has 1 aliphatic rings. The van der Waals surface area contributed by atoms with Crippen molar-refractivity contribution < 1.29 is 14.3 Å². The molecule has 3 rings (SSSR count). The second kappa shape index (κ2) is 7.45. The third kappa shape index (κ3) is 4.11. The predicted octanol–water partition coefficient (Wildman–Crippen LogP) is 3.38. The van der Waals surface area contributed by atoms with Crippen LogP contribution in [0.3, 0.4) is 0 Å². The minimum absolute atomic E-state index is 0.0115. The number of likely N-dealkylation sites (tertiary alicyclic amines) is 1. The second-order valence-electron chi connectivity index (χ2n) is 6.18. The van der Waals surface area contributed by atoms with Crippen LogP contribution < -0.4 is 5.32 Å². The Bertz CT molecular complexity index is 698. The molecule has 0 saturated carbocycles. The monoisotopic (exact) mass is 328 g/mol.